The predicted octanol–water partition coefficient (Wildman–Crippen LogP) is 3.93. The number of ether oxygens (including phenoxy) is 2. The highest BCUT2D eigenvalue weighted by Crippen LogP contribution is 2.36. The first-order valence-corrected chi connectivity index (χ1v) is 6.72. The molecule has 19 heavy (non-hydrogen) atoms. The van der Waals surface area contributed by atoms with Gasteiger partial charge < -0.3 is 15.2 Å². The maximum absolute atomic E-state index is 5.97. The molecule has 1 heterocycles. The van der Waals surface area contributed by atoms with Gasteiger partial charge in [-0.15, -0.1) is 0 Å². The topological polar surface area (TPSA) is 57.4 Å². The van der Waals surface area contributed by atoms with Gasteiger partial charge in [-0.25, -0.2) is 4.98 Å². The van der Waals surface area contributed by atoms with Crippen LogP contribution in [0.5, 0.6) is 17.4 Å². The Bertz CT molecular complexity index is 564. The summed E-state index contributed by atoms with van der Waals surface area (Å²) in [5.41, 5.74) is 7.46. The molecule has 2 N–H and O–H groups in total. The number of benzene rings is 1. The Balaban J connectivity index is 2.36. The maximum Gasteiger partial charge on any atom is 0.262 e. The molecule has 0 unspecified atom stereocenters. The summed E-state index contributed by atoms with van der Waals surface area (Å²) in [6.07, 6.45) is 1.65. The highest BCUT2D eigenvalue weighted by atomic mass is 79.9. The average Bonchev–Trinajstić information content (AvgIpc) is 2.36. The number of hydrogen-bond donors (Lipinski definition) is 1. The number of aromatic nitrogens is 1. The lowest BCUT2D eigenvalue weighted by atomic mass is 10.2. The number of aryl methyl sites for hydroxylation is 1. The molecule has 100 valence electrons. The van der Waals surface area contributed by atoms with Crippen molar-refractivity contribution in [2.45, 2.75) is 13.8 Å². The first kappa shape index (κ1) is 13.7. The van der Waals surface area contributed by atoms with Crippen molar-refractivity contribution in [2.75, 3.05) is 12.3 Å². The van der Waals surface area contributed by atoms with Gasteiger partial charge >= 0.3 is 0 Å². The number of pyridine rings is 1. The molecule has 1 aromatic carbocycles. The molecular weight excluding hydrogens is 308 g/mol. The Morgan fingerprint density at radius 1 is 1.37 bits per heavy atom. The second kappa shape index (κ2) is 5.93. The molecule has 1 aromatic heterocycles. The van der Waals surface area contributed by atoms with Crippen molar-refractivity contribution in [2.24, 2.45) is 0 Å². The van der Waals surface area contributed by atoms with Crippen LogP contribution < -0.4 is 15.2 Å². The molecule has 0 saturated carbocycles. The number of nitrogens with two attached hydrogens (primary N) is 1. The van der Waals surface area contributed by atoms with Crippen molar-refractivity contribution >= 4 is 21.6 Å². The van der Waals surface area contributed by atoms with Gasteiger partial charge in [-0.2, -0.15) is 0 Å². The number of rotatable bonds is 4. The van der Waals surface area contributed by atoms with E-state index in [0.717, 1.165) is 10.0 Å². The molecule has 2 rings (SSSR count). The zero-order chi connectivity index (χ0) is 13.8. The van der Waals surface area contributed by atoms with Gasteiger partial charge in [0.25, 0.3) is 5.88 Å². The molecule has 0 radical (unpaired) electrons. The molecular formula is C14H15BrN2O2. The summed E-state index contributed by atoms with van der Waals surface area (Å²) in [6.45, 7) is 4.40. The van der Waals surface area contributed by atoms with Crippen LogP contribution in [0.2, 0.25) is 0 Å². The van der Waals surface area contributed by atoms with Crippen molar-refractivity contribution in [3.8, 4) is 17.4 Å². The van der Waals surface area contributed by atoms with Crippen LogP contribution in [0, 0.1) is 6.92 Å². The van der Waals surface area contributed by atoms with E-state index < -0.39 is 0 Å². The molecule has 4 nitrogen and oxygen atoms in total. The fraction of sp³-hybridized carbons (Fsp3) is 0.214. The zero-order valence-corrected chi connectivity index (χ0v) is 12.4. The second-order valence-electron chi connectivity index (χ2n) is 3.98. The largest absolute Gasteiger partial charge is 0.488 e. The molecule has 0 bridgehead atoms. The molecule has 0 aliphatic rings. The number of nitrogens with zero attached hydrogens (tertiary/aromatic N) is 1. The van der Waals surface area contributed by atoms with E-state index in [-0.39, 0.29) is 0 Å². The highest BCUT2D eigenvalue weighted by molar-refractivity contribution is 9.10. The molecule has 0 aliphatic carbocycles. The third-order valence-electron chi connectivity index (χ3n) is 2.50. The Labute approximate surface area is 120 Å². The van der Waals surface area contributed by atoms with Crippen LogP contribution in [-0.4, -0.2) is 11.6 Å². The average molecular weight is 323 g/mol. The summed E-state index contributed by atoms with van der Waals surface area (Å²) >= 11 is 3.40. The molecule has 0 spiro atoms. The van der Waals surface area contributed by atoms with E-state index in [2.05, 4.69) is 20.9 Å². The van der Waals surface area contributed by atoms with Gasteiger partial charge in [-0.3, -0.25) is 0 Å². The van der Waals surface area contributed by atoms with E-state index in [0.29, 0.717) is 29.7 Å². The van der Waals surface area contributed by atoms with E-state index in [9.17, 15) is 0 Å². The van der Waals surface area contributed by atoms with E-state index in [1.807, 2.05) is 26.0 Å². The van der Waals surface area contributed by atoms with Crippen LogP contribution in [0.1, 0.15) is 12.5 Å². The van der Waals surface area contributed by atoms with Crippen LogP contribution in [0.15, 0.2) is 34.9 Å². The lowest BCUT2D eigenvalue weighted by Gasteiger charge is -2.13. The molecule has 5 heteroatoms. The minimum atomic E-state index is 0.418. The maximum atomic E-state index is 5.97. The summed E-state index contributed by atoms with van der Waals surface area (Å²) in [5.74, 6) is 1.62. The van der Waals surface area contributed by atoms with Crippen LogP contribution in [0.25, 0.3) is 0 Å². The lowest BCUT2D eigenvalue weighted by molar-refractivity contribution is 0.316. The lowest BCUT2D eigenvalue weighted by Crippen LogP contribution is -1.99. The van der Waals surface area contributed by atoms with Crippen molar-refractivity contribution < 1.29 is 9.47 Å². The number of hydrogen-bond acceptors (Lipinski definition) is 4. The van der Waals surface area contributed by atoms with E-state index in [4.69, 9.17) is 15.2 Å². The van der Waals surface area contributed by atoms with Crippen molar-refractivity contribution in [3.63, 3.8) is 0 Å². The fourth-order valence-corrected chi connectivity index (χ4v) is 2.30. The van der Waals surface area contributed by atoms with Gasteiger partial charge in [0.2, 0.25) is 0 Å². The summed E-state index contributed by atoms with van der Waals surface area (Å²) in [6, 6.07) is 7.35. The Hall–Kier alpha value is -1.75. The standard InChI is InChI=1S/C14H15BrN2O2/c1-3-18-12-5-4-6-17-14(12)19-13-9(2)7-10(15)8-11(13)16/h4-8H,3,16H2,1-2H3. The Kier molecular flexibility index (Phi) is 4.27. The van der Waals surface area contributed by atoms with Gasteiger partial charge in [0.15, 0.2) is 11.5 Å². The number of halogens is 1. The molecule has 0 aliphatic heterocycles. The monoisotopic (exact) mass is 322 g/mol. The smallest absolute Gasteiger partial charge is 0.262 e. The van der Waals surface area contributed by atoms with E-state index >= 15 is 0 Å². The molecule has 0 fully saturated rings. The predicted molar refractivity (Wildman–Crippen MR) is 78.8 cm³/mol. The first-order valence-electron chi connectivity index (χ1n) is 5.93. The van der Waals surface area contributed by atoms with Gasteiger partial charge in [0.1, 0.15) is 0 Å². The van der Waals surface area contributed by atoms with E-state index in [1.54, 1.807) is 18.3 Å². The summed E-state index contributed by atoms with van der Waals surface area (Å²) < 4.78 is 12.2. The molecule has 0 atom stereocenters. The van der Waals surface area contributed by atoms with Crippen LogP contribution in [0.3, 0.4) is 0 Å². The second-order valence-corrected chi connectivity index (χ2v) is 4.90. The highest BCUT2D eigenvalue weighted by Gasteiger charge is 2.12. The van der Waals surface area contributed by atoms with Gasteiger partial charge in [-0.1, -0.05) is 15.9 Å². The Morgan fingerprint density at radius 3 is 2.84 bits per heavy atom. The quantitative estimate of drug-likeness (QED) is 0.866. The summed E-state index contributed by atoms with van der Waals surface area (Å²) in [4.78, 5) is 4.18. The van der Waals surface area contributed by atoms with Gasteiger partial charge in [-0.05, 0) is 43.7 Å². The summed E-state index contributed by atoms with van der Waals surface area (Å²) in [7, 11) is 0. The van der Waals surface area contributed by atoms with Crippen molar-refractivity contribution in [1.29, 1.82) is 0 Å². The third kappa shape index (κ3) is 3.17. The van der Waals surface area contributed by atoms with Crippen LogP contribution in [-0.2, 0) is 0 Å². The number of nitrogen functional groups attached to an aromatic ring is 1. The first-order chi connectivity index (χ1) is 9.11. The van der Waals surface area contributed by atoms with Crippen molar-refractivity contribution in [1.82, 2.24) is 4.98 Å². The molecule has 2 aromatic rings. The normalized spacial score (nSPS) is 10.3. The Morgan fingerprint density at radius 2 is 2.16 bits per heavy atom. The van der Waals surface area contributed by atoms with Gasteiger partial charge in [0.05, 0.1) is 12.3 Å². The fourth-order valence-electron chi connectivity index (χ4n) is 1.71. The molecule has 0 saturated heterocycles. The number of anilines is 1. The minimum absolute atomic E-state index is 0.418. The third-order valence-corrected chi connectivity index (χ3v) is 2.96. The van der Waals surface area contributed by atoms with E-state index in [1.165, 1.54) is 0 Å². The minimum Gasteiger partial charge on any atom is -0.488 e. The SMILES string of the molecule is CCOc1cccnc1Oc1c(C)cc(Br)cc1N. The summed E-state index contributed by atoms with van der Waals surface area (Å²) in [5, 5.41) is 0. The zero-order valence-electron chi connectivity index (χ0n) is 10.8. The van der Waals surface area contributed by atoms with Gasteiger partial charge in [0, 0.05) is 10.7 Å². The van der Waals surface area contributed by atoms with Crippen LogP contribution >= 0.6 is 15.9 Å². The van der Waals surface area contributed by atoms with Crippen LogP contribution in [0.4, 0.5) is 5.69 Å². The van der Waals surface area contributed by atoms with Crippen molar-refractivity contribution in [3.05, 3.63) is 40.5 Å². The molecule has 0 amide bonds.